The second-order valence-corrected chi connectivity index (χ2v) is 18.8. The summed E-state index contributed by atoms with van der Waals surface area (Å²) in [7, 11) is -2.61. The molecule has 0 aliphatic carbocycles. The van der Waals surface area contributed by atoms with Gasteiger partial charge in [-0.3, -0.25) is 14.3 Å². The Bertz CT molecular complexity index is 4070. The lowest BCUT2D eigenvalue weighted by Gasteiger charge is -2.07. The van der Waals surface area contributed by atoms with Crippen molar-refractivity contribution in [1.29, 1.82) is 4.78 Å². The molecule has 14 aromatic rings. The Balaban J connectivity index is 0. The fourth-order valence-electron chi connectivity index (χ4n) is 7.62. The van der Waals surface area contributed by atoms with Crippen molar-refractivity contribution in [2.24, 2.45) is 0 Å². The number of furan rings is 7. The van der Waals surface area contributed by atoms with Crippen LogP contribution in [0.2, 0.25) is 0 Å². The monoisotopic (exact) mass is 1370 g/mol. The molecule has 96 heavy (non-hydrogen) atoms. The number of aryl methyl sites for hydroxylation is 5. The number of hydrogen-bond donors (Lipinski definition) is 2. The van der Waals surface area contributed by atoms with Gasteiger partial charge in [-0.25, -0.2) is 0 Å². The van der Waals surface area contributed by atoms with E-state index in [0.717, 1.165) is 44.3 Å². The maximum absolute atomic E-state index is 10.3. The minimum Gasteiger partial charge on any atom is -0.755 e. The average molecular weight is 1370 g/mol. The molecule has 1 unspecified atom stereocenters. The number of nitrogens with one attached hydrogen (secondary N) is 2. The molecule has 0 bridgehead atoms. The third kappa shape index (κ3) is 33.8. The molecule has 518 valence electrons. The Morgan fingerprint density at radius 1 is 0.344 bits per heavy atom. The summed E-state index contributed by atoms with van der Waals surface area (Å²) >= 11 is -3.03. The zero-order valence-corrected chi connectivity index (χ0v) is 61.0. The second-order valence-electron chi connectivity index (χ2n) is 17.5. The Morgan fingerprint density at radius 2 is 0.531 bits per heavy atom. The summed E-state index contributed by atoms with van der Waals surface area (Å²) < 4.78 is 98.3. The first-order valence-electron chi connectivity index (χ1n) is 31.3. The van der Waals surface area contributed by atoms with Crippen LogP contribution in [0, 0.1) is 49.5 Å². The largest absolute Gasteiger partial charge is 0.755 e. The van der Waals surface area contributed by atoms with Gasteiger partial charge in [0.05, 0.1) is 48.8 Å². The second kappa shape index (κ2) is 53.4. The molecule has 0 aliphatic rings. The molecule has 0 saturated carbocycles. The molecule has 0 radical (unpaired) electrons. The van der Waals surface area contributed by atoms with E-state index in [-0.39, 0.29) is 5.69 Å². The molecule has 1 atom stereocenters. The number of nitro benzene ring substituents is 1. The number of hydrogen-bond acceptors (Lipinski definition) is 16. The van der Waals surface area contributed by atoms with E-state index in [4.69, 9.17) is 52.5 Å². The molecule has 14 rings (SSSR count). The van der Waals surface area contributed by atoms with Crippen LogP contribution in [0.5, 0.6) is 0 Å². The highest BCUT2D eigenvalue weighted by Gasteiger charge is 2.07. The molecule has 0 amide bonds. The number of non-ortho nitro benzene ring substituents is 1. The first-order chi connectivity index (χ1) is 46.5. The zero-order chi connectivity index (χ0) is 73.0. The van der Waals surface area contributed by atoms with Gasteiger partial charge in [-0.2, -0.15) is 21.6 Å². The van der Waals surface area contributed by atoms with Crippen LogP contribution in [-0.2, 0) is 33.3 Å². The molecule has 0 fully saturated rings. The summed E-state index contributed by atoms with van der Waals surface area (Å²) in [4.78, 5) is 9.92. The molecule has 18 nitrogen and oxygen atoms in total. The molecule has 7 aromatic heterocycles. The normalized spacial score (nSPS) is 9.33. The van der Waals surface area contributed by atoms with Gasteiger partial charge < -0.3 is 40.2 Å². The van der Waals surface area contributed by atoms with E-state index in [2.05, 4.69) is 69.7 Å². The maximum Gasteiger partial charge on any atom is 0.335 e. The van der Waals surface area contributed by atoms with Crippen LogP contribution in [0.4, 0.5) is 11.4 Å². The standard InChI is InChI=1S/5C9H8O.C8H7NO3S.C8H5NO3.7C2H6.HNO2S.O2S/c5*1-7-2-3-9-8(6-7)4-5-10-9;10-13(11)9-7-1-2-8-6(5-7)3-4-12-8;10-9(11)7-1-2-8-6(5-7)3-4-12-8;7*1-2;1-4(2)3;1-3-2/h5*2-6H,1H3;1-5,9H,(H,10,11);1-5H;7*1-2H3;1H;/p-1. The third-order valence-electron chi connectivity index (χ3n) is 11.3. The Morgan fingerprint density at radius 3 is 0.740 bits per heavy atom. The number of rotatable bonds is 3. The first kappa shape index (κ1) is 88.1. The van der Waals surface area contributed by atoms with E-state index in [9.17, 15) is 18.9 Å². The molecule has 2 N–H and O–H groups in total. The van der Waals surface area contributed by atoms with Gasteiger partial charge in [-0.05, 0) is 162 Å². The lowest BCUT2D eigenvalue weighted by atomic mass is 10.2. The van der Waals surface area contributed by atoms with E-state index in [1.165, 1.54) is 73.1 Å². The quantitative estimate of drug-likeness (QED) is 0.0945. The van der Waals surface area contributed by atoms with Gasteiger partial charge in [0.2, 0.25) is 0 Å². The molecular formula is C75H94N3O15S3-. The minimum absolute atomic E-state index is 0.0869. The average Bonchev–Trinajstić information content (AvgIpc) is 2.77. The summed E-state index contributed by atoms with van der Waals surface area (Å²) in [5.74, 6) is 0. The third-order valence-corrected chi connectivity index (χ3v) is 11.7. The minimum atomic E-state index is -2.61. The van der Waals surface area contributed by atoms with Crippen LogP contribution < -0.4 is 4.72 Å². The Labute approximate surface area is 572 Å². The predicted octanol–water partition coefficient (Wildman–Crippen LogP) is 23.8. The highest BCUT2D eigenvalue weighted by atomic mass is 32.2. The van der Waals surface area contributed by atoms with E-state index in [1.807, 2.05) is 188 Å². The van der Waals surface area contributed by atoms with E-state index >= 15 is 0 Å². The topological polar surface area (TPSA) is 279 Å². The molecule has 7 aromatic carbocycles. The Hall–Kier alpha value is -9.93. The highest BCUT2D eigenvalue weighted by Crippen LogP contribution is 2.23. The Kier molecular flexibility index (Phi) is 49.1. The van der Waals surface area contributed by atoms with Crippen molar-refractivity contribution in [1.82, 2.24) is 0 Å². The van der Waals surface area contributed by atoms with Gasteiger partial charge >= 0.3 is 22.1 Å². The number of fused-ring (bicyclic) bond motifs is 7. The van der Waals surface area contributed by atoms with Crippen LogP contribution in [0.1, 0.15) is 125 Å². The van der Waals surface area contributed by atoms with Gasteiger partial charge in [0, 0.05) is 66.8 Å². The first-order valence-corrected chi connectivity index (χ1v) is 34.2. The number of benzene rings is 7. The van der Waals surface area contributed by atoms with Crippen LogP contribution >= 0.6 is 0 Å². The van der Waals surface area contributed by atoms with Gasteiger partial charge in [-0.15, -0.1) is 0 Å². The van der Waals surface area contributed by atoms with Crippen molar-refractivity contribution < 1.29 is 61.4 Å². The van der Waals surface area contributed by atoms with Crippen LogP contribution in [-0.4, -0.2) is 30.5 Å². The fraction of sp³-hybridized carbons (Fsp3) is 0.253. The number of nitrogens with zero attached hydrogens (tertiary/aromatic N) is 1. The van der Waals surface area contributed by atoms with Crippen LogP contribution in [0.25, 0.3) is 76.8 Å². The van der Waals surface area contributed by atoms with E-state index in [1.54, 1.807) is 74.0 Å². The molecule has 0 spiro atoms. The SMILES string of the molecule is CC.CC.CC.CC.CC.CC.CC.Cc1ccc2occc2c1.Cc1ccc2occc2c1.Cc1ccc2occc2c1.Cc1ccc2occc2c1.Cc1ccc2occc2c1.N=S(=O)=O.O=S([O-])Nc1ccc2occc2c1.O=S=O.O=[N+]([O-])c1ccc2occc2c1. The zero-order valence-electron chi connectivity index (χ0n) is 58.5. The summed E-state index contributed by atoms with van der Waals surface area (Å²) in [5.41, 5.74) is 13.2. The summed E-state index contributed by atoms with van der Waals surface area (Å²) in [6, 6.07) is 53.6. The molecule has 7 heterocycles. The van der Waals surface area contributed by atoms with Gasteiger partial charge in [0.25, 0.3) is 5.69 Å². The van der Waals surface area contributed by atoms with Crippen molar-refractivity contribution in [2.45, 2.75) is 132 Å². The van der Waals surface area contributed by atoms with Crippen molar-refractivity contribution in [2.75, 3.05) is 4.72 Å². The van der Waals surface area contributed by atoms with Crippen molar-refractivity contribution >= 4 is 121 Å². The number of anilines is 1. The van der Waals surface area contributed by atoms with Crippen molar-refractivity contribution in [3.63, 3.8) is 0 Å². The van der Waals surface area contributed by atoms with Crippen molar-refractivity contribution in [3.05, 3.63) is 252 Å². The highest BCUT2D eigenvalue weighted by molar-refractivity contribution is 7.80. The molecular weight excluding hydrogens is 1280 g/mol. The molecule has 0 saturated heterocycles. The molecule has 0 aliphatic heterocycles. The van der Waals surface area contributed by atoms with E-state index < -0.39 is 38.3 Å². The summed E-state index contributed by atoms with van der Waals surface area (Å²) in [5, 5.41) is 17.9. The van der Waals surface area contributed by atoms with Crippen molar-refractivity contribution in [3.8, 4) is 0 Å². The molecule has 21 heteroatoms. The maximum atomic E-state index is 10.3. The van der Waals surface area contributed by atoms with Gasteiger partial charge in [0.1, 0.15) is 39.1 Å². The van der Waals surface area contributed by atoms with Gasteiger partial charge in [-0.1, -0.05) is 155 Å². The summed E-state index contributed by atoms with van der Waals surface area (Å²) in [6.45, 7) is 38.4. The van der Waals surface area contributed by atoms with Gasteiger partial charge in [0.15, 0.2) is 0 Å². The number of nitro groups is 1. The van der Waals surface area contributed by atoms with Crippen LogP contribution in [0.3, 0.4) is 0 Å². The van der Waals surface area contributed by atoms with E-state index in [0.29, 0.717) is 11.3 Å². The fourth-order valence-corrected chi connectivity index (χ4v) is 7.94. The lowest BCUT2D eigenvalue weighted by Crippen LogP contribution is -2.01. The lowest BCUT2D eigenvalue weighted by molar-refractivity contribution is -0.384. The smallest absolute Gasteiger partial charge is 0.335 e. The van der Waals surface area contributed by atoms with Crippen LogP contribution in [0.15, 0.2) is 245 Å². The summed E-state index contributed by atoms with van der Waals surface area (Å²) in [6.07, 6.45) is 11.6. The predicted molar refractivity (Wildman–Crippen MR) is 396 cm³/mol.